The summed E-state index contributed by atoms with van der Waals surface area (Å²) < 4.78 is 0. The van der Waals surface area contributed by atoms with E-state index in [0.29, 0.717) is 0 Å². The van der Waals surface area contributed by atoms with Crippen LogP contribution in [0.3, 0.4) is 0 Å². The third kappa shape index (κ3) is 3.99. The van der Waals surface area contributed by atoms with E-state index in [1.54, 1.807) is 0 Å². The van der Waals surface area contributed by atoms with Crippen molar-refractivity contribution in [2.24, 2.45) is 35.5 Å². The van der Waals surface area contributed by atoms with Crippen LogP contribution in [0.4, 0.5) is 0 Å². The number of rotatable bonds is 4. The molecule has 2 aliphatic carbocycles. The maximum Gasteiger partial charge on any atom is -0.0386 e. The molecular formula is C19H36. The van der Waals surface area contributed by atoms with Crippen molar-refractivity contribution in [1.29, 1.82) is 0 Å². The summed E-state index contributed by atoms with van der Waals surface area (Å²) >= 11 is 0. The largest absolute Gasteiger partial charge is 0.0651 e. The van der Waals surface area contributed by atoms with Crippen molar-refractivity contribution in [2.75, 3.05) is 0 Å². The third-order valence-electron chi connectivity index (χ3n) is 6.95. The molecule has 0 radical (unpaired) electrons. The lowest BCUT2D eigenvalue weighted by molar-refractivity contribution is 0.110. The van der Waals surface area contributed by atoms with Crippen molar-refractivity contribution in [3.63, 3.8) is 0 Å². The van der Waals surface area contributed by atoms with Crippen molar-refractivity contribution < 1.29 is 0 Å². The molecule has 0 heterocycles. The van der Waals surface area contributed by atoms with Crippen molar-refractivity contribution in [3.05, 3.63) is 0 Å². The first kappa shape index (κ1) is 15.4. The van der Waals surface area contributed by atoms with Gasteiger partial charge in [0, 0.05) is 0 Å². The van der Waals surface area contributed by atoms with Crippen molar-refractivity contribution in [2.45, 2.75) is 85.5 Å². The molecule has 0 nitrogen and oxygen atoms in total. The Balaban J connectivity index is 1.71. The van der Waals surface area contributed by atoms with E-state index in [1.165, 1.54) is 57.8 Å². The molecule has 0 N–H and O–H groups in total. The number of hydrogen-bond donors (Lipinski definition) is 0. The molecule has 0 aromatic heterocycles. The summed E-state index contributed by atoms with van der Waals surface area (Å²) in [5, 5.41) is 0. The summed E-state index contributed by atoms with van der Waals surface area (Å²) in [6, 6.07) is 0. The molecule has 0 bridgehead atoms. The fourth-order valence-electron chi connectivity index (χ4n) is 4.74. The molecule has 4 atom stereocenters. The van der Waals surface area contributed by atoms with Gasteiger partial charge in [-0.3, -0.25) is 0 Å². The number of hydrogen-bond acceptors (Lipinski definition) is 0. The van der Waals surface area contributed by atoms with E-state index >= 15 is 0 Å². The molecule has 19 heavy (non-hydrogen) atoms. The Morgan fingerprint density at radius 3 is 1.95 bits per heavy atom. The van der Waals surface area contributed by atoms with Crippen LogP contribution in [-0.2, 0) is 0 Å². The van der Waals surface area contributed by atoms with E-state index in [1.807, 2.05) is 0 Å². The average Bonchev–Trinajstić information content (AvgIpc) is 2.45. The van der Waals surface area contributed by atoms with Crippen LogP contribution in [0, 0.1) is 35.5 Å². The molecule has 4 unspecified atom stereocenters. The highest BCUT2D eigenvalue weighted by atomic mass is 14.4. The molecule has 2 saturated carbocycles. The van der Waals surface area contributed by atoms with E-state index in [9.17, 15) is 0 Å². The van der Waals surface area contributed by atoms with E-state index in [2.05, 4.69) is 27.7 Å². The first-order chi connectivity index (χ1) is 9.11. The van der Waals surface area contributed by atoms with Crippen LogP contribution in [0.25, 0.3) is 0 Å². The Bertz CT molecular complexity index is 249. The summed E-state index contributed by atoms with van der Waals surface area (Å²) in [4.78, 5) is 0. The van der Waals surface area contributed by atoms with Gasteiger partial charge in [0.2, 0.25) is 0 Å². The van der Waals surface area contributed by atoms with Crippen LogP contribution < -0.4 is 0 Å². The summed E-state index contributed by atoms with van der Waals surface area (Å²) in [6.45, 7) is 9.85. The quantitative estimate of drug-likeness (QED) is 0.559. The molecule has 0 aromatic rings. The molecule has 2 rings (SSSR count). The van der Waals surface area contributed by atoms with Gasteiger partial charge in [-0.05, 0) is 48.3 Å². The molecular weight excluding hydrogens is 228 g/mol. The smallest absolute Gasteiger partial charge is 0.0386 e. The van der Waals surface area contributed by atoms with Gasteiger partial charge >= 0.3 is 0 Å². The van der Waals surface area contributed by atoms with Gasteiger partial charge < -0.3 is 0 Å². The van der Waals surface area contributed by atoms with Crippen LogP contribution >= 0.6 is 0 Å². The van der Waals surface area contributed by atoms with Gasteiger partial charge in [-0.25, -0.2) is 0 Å². The predicted octanol–water partition coefficient (Wildman–Crippen LogP) is 6.30. The van der Waals surface area contributed by atoms with Crippen LogP contribution in [-0.4, -0.2) is 0 Å². The Labute approximate surface area is 121 Å². The molecule has 2 aliphatic rings. The Kier molecular flexibility index (Phi) is 5.78. The standard InChI is InChI=1S/C19H36/c1-5-17-7-9-18(10-8-17)11-13-19-12-6-14(2)15(3)16(19)4/h14-19H,5-13H2,1-4H3. The lowest BCUT2D eigenvalue weighted by Crippen LogP contribution is -2.30. The Hall–Kier alpha value is 0. The zero-order valence-electron chi connectivity index (χ0n) is 13.8. The minimum absolute atomic E-state index is 0.953. The second kappa shape index (κ2) is 7.14. The monoisotopic (exact) mass is 264 g/mol. The molecule has 0 aromatic carbocycles. The molecule has 0 spiro atoms. The van der Waals surface area contributed by atoms with Gasteiger partial charge in [0.25, 0.3) is 0 Å². The summed E-state index contributed by atoms with van der Waals surface area (Å²) in [6.07, 6.45) is 13.6. The highest BCUT2D eigenvalue weighted by Crippen LogP contribution is 2.42. The lowest BCUT2D eigenvalue weighted by atomic mass is 9.66. The third-order valence-corrected chi connectivity index (χ3v) is 6.95. The van der Waals surface area contributed by atoms with E-state index < -0.39 is 0 Å². The van der Waals surface area contributed by atoms with E-state index in [-0.39, 0.29) is 0 Å². The minimum atomic E-state index is 0.953. The van der Waals surface area contributed by atoms with Crippen LogP contribution in [0.2, 0.25) is 0 Å². The topological polar surface area (TPSA) is 0 Å². The van der Waals surface area contributed by atoms with Crippen molar-refractivity contribution in [3.8, 4) is 0 Å². The van der Waals surface area contributed by atoms with Gasteiger partial charge in [0.05, 0.1) is 0 Å². The van der Waals surface area contributed by atoms with E-state index in [4.69, 9.17) is 0 Å². The molecule has 2 fully saturated rings. The highest BCUT2D eigenvalue weighted by Gasteiger charge is 2.32. The van der Waals surface area contributed by atoms with Crippen molar-refractivity contribution >= 4 is 0 Å². The normalized spacial score (nSPS) is 44.2. The molecule has 0 aliphatic heterocycles. The van der Waals surface area contributed by atoms with Crippen LogP contribution in [0.5, 0.6) is 0 Å². The van der Waals surface area contributed by atoms with E-state index in [0.717, 1.165) is 35.5 Å². The van der Waals surface area contributed by atoms with Crippen LogP contribution in [0.15, 0.2) is 0 Å². The Morgan fingerprint density at radius 1 is 0.684 bits per heavy atom. The molecule has 0 saturated heterocycles. The highest BCUT2D eigenvalue weighted by molar-refractivity contribution is 4.82. The lowest BCUT2D eigenvalue weighted by Gasteiger charge is -2.39. The second-order valence-corrected chi connectivity index (χ2v) is 7.91. The van der Waals surface area contributed by atoms with Crippen LogP contribution in [0.1, 0.15) is 85.5 Å². The maximum absolute atomic E-state index is 2.53. The zero-order valence-corrected chi connectivity index (χ0v) is 13.8. The molecule has 0 heteroatoms. The molecule has 0 amide bonds. The predicted molar refractivity (Wildman–Crippen MR) is 85.2 cm³/mol. The first-order valence-electron chi connectivity index (χ1n) is 9.11. The SMILES string of the molecule is CCC1CCC(CCC2CCC(C)C(C)C2C)CC1. The Morgan fingerprint density at radius 2 is 1.32 bits per heavy atom. The summed E-state index contributed by atoms with van der Waals surface area (Å²) in [5.74, 6) is 6.06. The van der Waals surface area contributed by atoms with Gasteiger partial charge in [-0.1, -0.05) is 72.6 Å². The van der Waals surface area contributed by atoms with Gasteiger partial charge in [0.1, 0.15) is 0 Å². The summed E-state index contributed by atoms with van der Waals surface area (Å²) in [5.41, 5.74) is 0. The maximum atomic E-state index is 2.53. The fourth-order valence-corrected chi connectivity index (χ4v) is 4.74. The fraction of sp³-hybridized carbons (Fsp3) is 1.00. The summed E-state index contributed by atoms with van der Waals surface area (Å²) in [7, 11) is 0. The van der Waals surface area contributed by atoms with Gasteiger partial charge in [0.15, 0.2) is 0 Å². The zero-order chi connectivity index (χ0) is 13.8. The average molecular weight is 264 g/mol. The first-order valence-corrected chi connectivity index (χ1v) is 9.11. The second-order valence-electron chi connectivity index (χ2n) is 7.91. The molecule has 112 valence electrons. The minimum Gasteiger partial charge on any atom is -0.0651 e. The van der Waals surface area contributed by atoms with Crippen molar-refractivity contribution in [1.82, 2.24) is 0 Å². The van der Waals surface area contributed by atoms with Gasteiger partial charge in [-0.2, -0.15) is 0 Å². The van der Waals surface area contributed by atoms with Gasteiger partial charge in [-0.15, -0.1) is 0 Å².